The van der Waals surface area contributed by atoms with E-state index in [9.17, 15) is 4.79 Å². The molecule has 0 fully saturated rings. The highest BCUT2D eigenvalue weighted by Crippen LogP contribution is 2.14. The van der Waals surface area contributed by atoms with Gasteiger partial charge in [0, 0.05) is 6.92 Å². The Hall–Kier alpha value is -0.530. The van der Waals surface area contributed by atoms with Gasteiger partial charge in [-0.2, -0.15) is 0 Å². The zero-order valence-electron chi connectivity index (χ0n) is 13.4. The molecular weight excluding hydrogens is 236 g/mol. The Morgan fingerprint density at radius 1 is 0.895 bits per heavy atom. The van der Waals surface area contributed by atoms with Gasteiger partial charge in [0.1, 0.15) is 0 Å². The van der Waals surface area contributed by atoms with Crippen LogP contribution in [-0.2, 0) is 9.53 Å². The molecule has 1 unspecified atom stereocenters. The summed E-state index contributed by atoms with van der Waals surface area (Å²) in [5, 5.41) is 0. The third-order valence-electron chi connectivity index (χ3n) is 3.84. The molecule has 2 nitrogen and oxygen atoms in total. The van der Waals surface area contributed by atoms with Gasteiger partial charge in [0.25, 0.3) is 0 Å². The fourth-order valence-corrected chi connectivity index (χ4v) is 2.25. The van der Waals surface area contributed by atoms with E-state index in [1.54, 1.807) is 0 Å². The summed E-state index contributed by atoms with van der Waals surface area (Å²) in [5.74, 6) is 0.759. The Morgan fingerprint density at radius 2 is 1.37 bits per heavy atom. The van der Waals surface area contributed by atoms with Crippen LogP contribution in [0.4, 0.5) is 0 Å². The molecule has 0 aromatic carbocycles. The number of ether oxygens (including phenoxy) is 1. The molecule has 0 radical (unpaired) electrons. The maximum atomic E-state index is 10.5. The maximum Gasteiger partial charge on any atom is 0.302 e. The van der Waals surface area contributed by atoms with Crippen LogP contribution in [-0.4, -0.2) is 12.6 Å². The van der Waals surface area contributed by atoms with Gasteiger partial charge in [-0.15, -0.1) is 0 Å². The molecule has 0 rings (SSSR count). The smallest absolute Gasteiger partial charge is 0.302 e. The average Bonchev–Trinajstić information content (AvgIpc) is 2.39. The van der Waals surface area contributed by atoms with Crippen molar-refractivity contribution < 1.29 is 9.53 Å². The third-order valence-corrected chi connectivity index (χ3v) is 3.84. The van der Waals surface area contributed by atoms with Gasteiger partial charge >= 0.3 is 5.97 Å². The van der Waals surface area contributed by atoms with E-state index in [1.807, 2.05) is 0 Å². The lowest BCUT2D eigenvalue weighted by Gasteiger charge is -2.07. The molecule has 0 bridgehead atoms. The van der Waals surface area contributed by atoms with Crippen LogP contribution in [0.5, 0.6) is 0 Å². The van der Waals surface area contributed by atoms with E-state index in [2.05, 4.69) is 13.8 Å². The number of carbonyl (C=O) groups excluding carboxylic acids is 1. The Bertz CT molecular complexity index is 201. The molecule has 0 saturated heterocycles. The van der Waals surface area contributed by atoms with Crippen LogP contribution in [0.15, 0.2) is 0 Å². The van der Waals surface area contributed by atoms with Crippen LogP contribution in [0.3, 0.4) is 0 Å². The number of carbonyl (C=O) groups is 1. The molecule has 0 aliphatic carbocycles. The molecule has 19 heavy (non-hydrogen) atoms. The first kappa shape index (κ1) is 18.5. The van der Waals surface area contributed by atoms with Gasteiger partial charge in [-0.1, -0.05) is 78.1 Å². The Kier molecular flexibility index (Phi) is 13.5. The first-order valence-corrected chi connectivity index (χ1v) is 8.30. The Labute approximate surface area is 120 Å². The number of hydrogen-bond donors (Lipinski definition) is 0. The van der Waals surface area contributed by atoms with E-state index in [-0.39, 0.29) is 5.97 Å². The molecule has 0 aliphatic rings. The van der Waals surface area contributed by atoms with Crippen molar-refractivity contribution in [2.24, 2.45) is 5.92 Å². The fourth-order valence-electron chi connectivity index (χ4n) is 2.25. The second-order valence-corrected chi connectivity index (χ2v) is 5.82. The summed E-state index contributed by atoms with van der Waals surface area (Å²) in [7, 11) is 0. The number of rotatable bonds is 13. The predicted molar refractivity (Wildman–Crippen MR) is 82.3 cm³/mol. The molecule has 114 valence electrons. The molecule has 0 N–H and O–H groups in total. The first-order chi connectivity index (χ1) is 9.16. The minimum Gasteiger partial charge on any atom is -0.466 e. The van der Waals surface area contributed by atoms with Crippen molar-refractivity contribution in [3.05, 3.63) is 0 Å². The molecule has 0 aromatic rings. The topological polar surface area (TPSA) is 26.3 Å². The molecule has 0 aromatic heterocycles. The summed E-state index contributed by atoms with van der Waals surface area (Å²) in [6, 6.07) is 0. The molecule has 0 amide bonds. The zero-order chi connectivity index (χ0) is 14.3. The van der Waals surface area contributed by atoms with Gasteiger partial charge in [0.2, 0.25) is 0 Å². The molecular formula is C17H34O2. The lowest BCUT2D eigenvalue weighted by atomic mass is 9.99. The fraction of sp³-hybridized carbons (Fsp3) is 0.941. The summed E-state index contributed by atoms with van der Waals surface area (Å²) < 4.78 is 4.90. The lowest BCUT2D eigenvalue weighted by Crippen LogP contribution is -2.00. The second-order valence-electron chi connectivity index (χ2n) is 5.82. The van der Waals surface area contributed by atoms with Crippen molar-refractivity contribution in [2.75, 3.05) is 6.61 Å². The van der Waals surface area contributed by atoms with Gasteiger partial charge in [0.05, 0.1) is 6.61 Å². The second kappa shape index (κ2) is 13.9. The molecule has 0 saturated carbocycles. The molecule has 1 atom stereocenters. The van der Waals surface area contributed by atoms with Crippen LogP contribution in [0.2, 0.25) is 0 Å². The van der Waals surface area contributed by atoms with Crippen LogP contribution in [0.1, 0.15) is 91.4 Å². The van der Waals surface area contributed by atoms with Crippen molar-refractivity contribution in [3.8, 4) is 0 Å². The van der Waals surface area contributed by atoms with E-state index < -0.39 is 0 Å². The average molecular weight is 270 g/mol. The Morgan fingerprint density at radius 3 is 1.84 bits per heavy atom. The van der Waals surface area contributed by atoms with E-state index in [0.717, 1.165) is 12.3 Å². The summed E-state index contributed by atoms with van der Waals surface area (Å²) >= 11 is 0. The maximum absolute atomic E-state index is 10.5. The quantitative estimate of drug-likeness (QED) is 0.326. The Balaban J connectivity index is 3.01. The van der Waals surface area contributed by atoms with Crippen molar-refractivity contribution in [1.29, 1.82) is 0 Å². The summed E-state index contributed by atoms with van der Waals surface area (Å²) in [5.41, 5.74) is 0. The van der Waals surface area contributed by atoms with Gasteiger partial charge in [0.15, 0.2) is 0 Å². The predicted octanol–water partition coefficient (Wildman–Crippen LogP) is 5.50. The molecule has 0 aliphatic heterocycles. The lowest BCUT2D eigenvalue weighted by molar-refractivity contribution is -0.141. The SMILES string of the molecule is CCC(C)CCCCCCCCCCCOC(C)=O. The minimum absolute atomic E-state index is 0.155. The van der Waals surface area contributed by atoms with Crippen molar-refractivity contribution in [2.45, 2.75) is 91.4 Å². The van der Waals surface area contributed by atoms with Crippen LogP contribution >= 0.6 is 0 Å². The van der Waals surface area contributed by atoms with Gasteiger partial charge < -0.3 is 4.74 Å². The van der Waals surface area contributed by atoms with Crippen molar-refractivity contribution in [3.63, 3.8) is 0 Å². The number of unbranched alkanes of at least 4 members (excludes halogenated alkanes) is 8. The van der Waals surface area contributed by atoms with E-state index >= 15 is 0 Å². The first-order valence-electron chi connectivity index (χ1n) is 8.30. The van der Waals surface area contributed by atoms with Crippen molar-refractivity contribution in [1.82, 2.24) is 0 Å². The molecule has 2 heteroatoms. The van der Waals surface area contributed by atoms with E-state index in [1.165, 1.54) is 71.1 Å². The number of hydrogen-bond acceptors (Lipinski definition) is 2. The highest BCUT2D eigenvalue weighted by Gasteiger charge is 1.98. The molecule has 0 spiro atoms. The van der Waals surface area contributed by atoms with Gasteiger partial charge in [-0.05, 0) is 12.3 Å². The highest BCUT2D eigenvalue weighted by atomic mass is 16.5. The number of esters is 1. The highest BCUT2D eigenvalue weighted by molar-refractivity contribution is 5.65. The molecule has 0 heterocycles. The zero-order valence-corrected chi connectivity index (χ0v) is 13.4. The largest absolute Gasteiger partial charge is 0.466 e. The van der Waals surface area contributed by atoms with Crippen LogP contribution in [0.25, 0.3) is 0 Å². The summed E-state index contributed by atoms with van der Waals surface area (Å²) in [4.78, 5) is 10.5. The monoisotopic (exact) mass is 270 g/mol. The minimum atomic E-state index is -0.155. The van der Waals surface area contributed by atoms with Crippen LogP contribution in [0, 0.1) is 5.92 Å². The van der Waals surface area contributed by atoms with E-state index in [4.69, 9.17) is 4.74 Å². The van der Waals surface area contributed by atoms with Crippen molar-refractivity contribution >= 4 is 5.97 Å². The van der Waals surface area contributed by atoms with Gasteiger partial charge in [-0.25, -0.2) is 0 Å². The third kappa shape index (κ3) is 15.4. The van der Waals surface area contributed by atoms with E-state index in [0.29, 0.717) is 6.61 Å². The summed E-state index contributed by atoms with van der Waals surface area (Å²) in [6.07, 6.45) is 14.6. The normalized spacial score (nSPS) is 12.4. The van der Waals surface area contributed by atoms with Gasteiger partial charge in [-0.3, -0.25) is 4.79 Å². The van der Waals surface area contributed by atoms with Crippen LogP contribution < -0.4 is 0 Å². The summed E-state index contributed by atoms with van der Waals surface area (Å²) in [6.45, 7) is 6.72. The standard InChI is InChI=1S/C17H34O2/c1-4-16(2)14-12-10-8-6-5-7-9-11-13-15-19-17(3)18/h16H,4-15H2,1-3H3.